The van der Waals surface area contributed by atoms with Gasteiger partial charge in [0, 0.05) is 35.8 Å². The molecule has 1 heterocycles. The Balaban J connectivity index is 1.76. The van der Waals surface area contributed by atoms with Gasteiger partial charge in [-0.3, -0.25) is 14.5 Å². The number of carbonyl (C=O) groups excluding carboxylic acids is 2. The molecule has 1 unspecified atom stereocenters. The van der Waals surface area contributed by atoms with E-state index in [-0.39, 0.29) is 37.4 Å². The number of benzene rings is 2. The zero-order valence-electron chi connectivity index (χ0n) is 16.0. The van der Waals surface area contributed by atoms with E-state index in [0.29, 0.717) is 11.3 Å². The maximum absolute atomic E-state index is 13.9. The molecule has 8 heteroatoms. The molecule has 0 aromatic heterocycles. The number of hydrogen-bond donors (Lipinski definition) is 0. The molecule has 30 heavy (non-hydrogen) atoms. The Morgan fingerprint density at radius 3 is 2.50 bits per heavy atom. The molecule has 158 valence electrons. The van der Waals surface area contributed by atoms with Crippen molar-refractivity contribution in [2.45, 2.75) is 43.7 Å². The van der Waals surface area contributed by atoms with Crippen LogP contribution in [0.15, 0.2) is 48.5 Å². The van der Waals surface area contributed by atoms with Gasteiger partial charge >= 0.3 is 0 Å². The standard InChI is InChI=1S/C22H20ClF3N2O2/c23-13-19(29)28(16-5-3-4-14(24)12-16)20-17-6-1-2-7-18(17)27(21(20)30)15-8-10-22(25,26)11-9-15/h1-7,12,15,20H,8-11,13H2. The van der Waals surface area contributed by atoms with Gasteiger partial charge in [-0.25, -0.2) is 13.2 Å². The van der Waals surface area contributed by atoms with Crippen LogP contribution in [0.4, 0.5) is 24.5 Å². The molecule has 1 atom stereocenters. The summed E-state index contributed by atoms with van der Waals surface area (Å²) in [5, 5.41) is 0. The lowest BCUT2D eigenvalue weighted by Gasteiger charge is -2.35. The van der Waals surface area contributed by atoms with Crippen molar-refractivity contribution in [1.82, 2.24) is 0 Å². The Kier molecular flexibility index (Phi) is 5.49. The SMILES string of the molecule is O=C1C(N(C(=O)CCl)c2cccc(F)c2)c2ccccc2N1C1CCC(F)(F)CC1. The molecule has 1 fully saturated rings. The minimum atomic E-state index is -2.72. The second-order valence-electron chi connectivity index (χ2n) is 7.63. The summed E-state index contributed by atoms with van der Waals surface area (Å²) in [6.45, 7) is 0. The van der Waals surface area contributed by atoms with Crippen LogP contribution in [0.1, 0.15) is 37.3 Å². The van der Waals surface area contributed by atoms with Crippen LogP contribution in [-0.2, 0) is 9.59 Å². The Labute approximate surface area is 177 Å². The van der Waals surface area contributed by atoms with E-state index in [1.54, 1.807) is 24.3 Å². The zero-order valence-corrected chi connectivity index (χ0v) is 16.8. The third-order valence-corrected chi connectivity index (χ3v) is 5.97. The van der Waals surface area contributed by atoms with E-state index >= 15 is 0 Å². The number of anilines is 2. The Bertz CT molecular complexity index is 974. The van der Waals surface area contributed by atoms with E-state index in [9.17, 15) is 22.8 Å². The number of para-hydroxylation sites is 1. The van der Waals surface area contributed by atoms with Crippen molar-refractivity contribution in [3.63, 3.8) is 0 Å². The van der Waals surface area contributed by atoms with E-state index in [2.05, 4.69) is 0 Å². The van der Waals surface area contributed by atoms with Gasteiger partial charge in [0.05, 0.1) is 0 Å². The maximum atomic E-state index is 13.9. The lowest BCUT2D eigenvalue weighted by atomic mass is 9.91. The second kappa shape index (κ2) is 7.95. The van der Waals surface area contributed by atoms with Gasteiger partial charge in [0.25, 0.3) is 5.91 Å². The highest BCUT2D eigenvalue weighted by molar-refractivity contribution is 6.30. The van der Waals surface area contributed by atoms with E-state index in [4.69, 9.17) is 11.6 Å². The average Bonchev–Trinajstić information content (AvgIpc) is 3.01. The number of amides is 2. The minimum absolute atomic E-state index is 0.170. The number of rotatable bonds is 4. The smallest absolute Gasteiger partial charge is 0.255 e. The van der Waals surface area contributed by atoms with Gasteiger partial charge in [0.15, 0.2) is 0 Å². The van der Waals surface area contributed by atoms with Crippen LogP contribution in [0.2, 0.25) is 0 Å². The van der Waals surface area contributed by atoms with Gasteiger partial charge < -0.3 is 4.90 Å². The number of carbonyl (C=O) groups is 2. The van der Waals surface area contributed by atoms with Crippen molar-refractivity contribution >= 4 is 34.8 Å². The van der Waals surface area contributed by atoms with Crippen LogP contribution in [-0.4, -0.2) is 29.7 Å². The lowest BCUT2D eigenvalue weighted by Crippen LogP contribution is -2.47. The van der Waals surface area contributed by atoms with Crippen LogP contribution in [0.3, 0.4) is 0 Å². The van der Waals surface area contributed by atoms with Crippen LogP contribution in [0.5, 0.6) is 0 Å². The second-order valence-corrected chi connectivity index (χ2v) is 7.90. The normalized spacial score (nSPS) is 20.9. The van der Waals surface area contributed by atoms with E-state index < -0.39 is 35.5 Å². The molecule has 2 aromatic rings. The molecule has 0 radical (unpaired) electrons. The van der Waals surface area contributed by atoms with Crippen LogP contribution in [0.25, 0.3) is 0 Å². The maximum Gasteiger partial charge on any atom is 0.255 e. The van der Waals surface area contributed by atoms with E-state index in [0.717, 1.165) is 0 Å². The summed E-state index contributed by atoms with van der Waals surface area (Å²) in [5.41, 5.74) is 1.37. The van der Waals surface area contributed by atoms with Gasteiger partial charge in [-0.15, -0.1) is 11.6 Å². The van der Waals surface area contributed by atoms with Gasteiger partial charge in [0.1, 0.15) is 17.7 Å². The quantitative estimate of drug-likeness (QED) is 0.628. The Morgan fingerprint density at radius 1 is 1.13 bits per heavy atom. The summed E-state index contributed by atoms with van der Waals surface area (Å²) in [7, 11) is 0. The first kappa shape index (κ1) is 20.7. The monoisotopic (exact) mass is 436 g/mol. The minimum Gasteiger partial charge on any atom is -0.307 e. The summed E-state index contributed by atoms with van der Waals surface area (Å²) in [6, 6.07) is 11.0. The highest BCUT2D eigenvalue weighted by Gasteiger charge is 2.47. The molecule has 4 rings (SSSR count). The van der Waals surface area contributed by atoms with Crippen molar-refractivity contribution < 1.29 is 22.8 Å². The summed E-state index contributed by atoms with van der Waals surface area (Å²) in [5.74, 6) is -4.61. The highest BCUT2D eigenvalue weighted by Crippen LogP contribution is 2.45. The number of alkyl halides is 3. The molecule has 1 saturated carbocycles. The number of hydrogen-bond acceptors (Lipinski definition) is 2. The Hall–Kier alpha value is -2.54. The first-order valence-electron chi connectivity index (χ1n) is 9.76. The largest absolute Gasteiger partial charge is 0.307 e. The molecular formula is C22H20ClF3N2O2. The molecular weight excluding hydrogens is 417 g/mol. The molecule has 4 nitrogen and oxygen atoms in total. The zero-order chi connectivity index (χ0) is 21.5. The fourth-order valence-electron chi connectivity index (χ4n) is 4.36. The van der Waals surface area contributed by atoms with Crippen molar-refractivity contribution in [1.29, 1.82) is 0 Å². The number of halogens is 4. The van der Waals surface area contributed by atoms with Crippen LogP contribution >= 0.6 is 11.6 Å². The molecule has 0 bridgehead atoms. The van der Waals surface area contributed by atoms with Gasteiger partial charge in [-0.2, -0.15) is 0 Å². The molecule has 0 saturated heterocycles. The predicted molar refractivity (Wildman–Crippen MR) is 108 cm³/mol. The van der Waals surface area contributed by atoms with E-state index in [1.165, 1.54) is 34.1 Å². The average molecular weight is 437 g/mol. The van der Waals surface area contributed by atoms with Crippen molar-refractivity contribution in [3.8, 4) is 0 Å². The van der Waals surface area contributed by atoms with Crippen LogP contribution < -0.4 is 9.80 Å². The van der Waals surface area contributed by atoms with Crippen molar-refractivity contribution in [2.24, 2.45) is 0 Å². The highest BCUT2D eigenvalue weighted by atomic mass is 35.5. The number of nitrogens with zero attached hydrogens (tertiary/aromatic N) is 2. The topological polar surface area (TPSA) is 40.6 Å². The molecule has 2 amide bonds. The molecule has 2 aliphatic rings. The Morgan fingerprint density at radius 2 is 1.83 bits per heavy atom. The summed E-state index contributed by atoms with van der Waals surface area (Å²) in [6.07, 6.45) is -0.239. The molecule has 0 spiro atoms. The third kappa shape index (κ3) is 3.67. The van der Waals surface area contributed by atoms with E-state index in [1.807, 2.05) is 0 Å². The fourth-order valence-corrected chi connectivity index (χ4v) is 4.49. The van der Waals surface area contributed by atoms with Crippen molar-refractivity contribution in [3.05, 3.63) is 59.9 Å². The van der Waals surface area contributed by atoms with Crippen LogP contribution in [0, 0.1) is 5.82 Å². The summed E-state index contributed by atoms with van der Waals surface area (Å²) in [4.78, 5) is 29.0. The first-order valence-corrected chi connectivity index (χ1v) is 10.3. The molecule has 0 N–H and O–H groups in total. The molecule has 2 aromatic carbocycles. The molecule has 1 aliphatic carbocycles. The summed E-state index contributed by atoms with van der Waals surface area (Å²) < 4.78 is 41.2. The van der Waals surface area contributed by atoms with Crippen molar-refractivity contribution in [2.75, 3.05) is 15.7 Å². The van der Waals surface area contributed by atoms with Gasteiger partial charge in [0.2, 0.25) is 11.8 Å². The lowest BCUT2D eigenvalue weighted by molar-refractivity contribution is -0.124. The fraction of sp³-hybridized carbons (Fsp3) is 0.364. The van der Waals surface area contributed by atoms with Gasteiger partial charge in [-0.1, -0.05) is 24.3 Å². The predicted octanol–water partition coefficient (Wildman–Crippen LogP) is 5.06. The third-order valence-electron chi connectivity index (χ3n) is 5.74. The number of fused-ring (bicyclic) bond motifs is 1. The molecule has 1 aliphatic heterocycles. The summed E-state index contributed by atoms with van der Waals surface area (Å²) >= 11 is 5.81. The first-order chi connectivity index (χ1) is 14.3. The van der Waals surface area contributed by atoms with Gasteiger partial charge in [-0.05, 0) is 37.1 Å².